The first-order chi connectivity index (χ1) is 7.67. The molecule has 0 heterocycles. The number of hydrogen-bond acceptors (Lipinski definition) is 3. The number of aliphatic hydroxyl groups excluding tert-OH is 1. The lowest BCUT2D eigenvalue weighted by molar-refractivity contribution is -0.121. The van der Waals surface area contributed by atoms with Crippen LogP contribution in [0.5, 0.6) is 0 Å². The van der Waals surface area contributed by atoms with Gasteiger partial charge in [-0.3, -0.25) is 4.79 Å². The van der Waals surface area contributed by atoms with E-state index < -0.39 is 0 Å². The summed E-state index contributed by atoms with van der Waals surface area (Å²) < 4.78 is 0. The summed E-state index contributed by atoms with van der Waals surface area (Å²) in [5.74, 6) is 0.428. The third-order valence-electron chi connectivity index (χ3n) is 3.41. The maximum Gasteiger partial charge on any atom is 0.221 e. The first-order valence-electron chi connectivity index (χ1n) is 6.24. The molecule has 0 radical (unpaired) electrons. The van der Waals surface area contributed by atoms with Crippen LogP contribution in [-0.4, -0.2) is 36.8 Å². The molecule has 94 valence electrons. The Bertz CT molecular complexity index is 221. The molecule has 1 rings (SSSR count). The number of rotatable bonds is 5. The fraction of sp³-hybridized carbons (Fsp3) is 0.917. The zero-order valence-electron chi connectivity index (χ0n) is 10.3. The van der Waals surface area contributed by atoms with E-state index in [1.807, 2.05) is 6.92 Å². The molecule has 1 saturated carbocycles. The molecule has 0 saturated heterocycles. The van der Waals surface area contributed by atoms with Crippen molar-refractivity contribution in [2.75, 3.05) is 13.7 Å². The molecule has 16 heavy (non-hydrogen) atoms. The SMILES string of the molecule is CNC(=O)CC(C)NC1CCCCC1CO. The van der Waals surface area contributed by atoms with E-state index in [0.717, 1.165) is 12.8 Å². The van der Waals surface area contributed by atoms with E-state index in [4.69, 9.17) is 0 Å². The summed E-state index contributed by atoms with van der Waals surface area (Å²) in [7, 11) is 1.66. The third-order valence-corrected chi connectivity index (χ3v) is 3.41. The number of carbonyl (C=O) groups is 1. The van der Waals surface area contributed by atoms with E-state index in [2.05, 4.69) is 10.6 Å². The van der Waals surface area contributed by atoms with Crippen LogP contribution in [-0.2, 0) is 4.79 Å². The fourth-order valence-corrected chi connectivity index (χ4v) is 2.45. The molecule has 3 N–H and O–H groups in total. The number of carbonyl (C=O) groups excluding carboxylic acids is 1. The maximum absolute atomic E-state index is 11.2. The van der Waals surface area contributed by atoms with Crippen molar-refractivity contribution in [1.29, 1.82) is 0 Å². The van der Waals surface area contributed by atoms with Crippen LogP contribution >= 0.6 is 0 Å². The van der Waals surface area contributed by atoms with Crippen molar-refractivity contribution in [3.8, 4) is 0 Å². The van der Waals surface area contributed by atoms with Gasteiger partial charge in [0.05, 0.1) is 0 Å². The third kappa shape index (κ3) is 4.10. The van der Waals surface area contributed by atoms with E-state index in [0.29, 0.717) is 18.4 Å². The highest BCUT2D eigenvalue weighted by Gasteiger charge is 2.25. The summed E-state index contributed by atoms with van der Waals surface area (Å²) in [6.07, 6.45) is 5.16. The minimum Gasteiger partial charge on any atom is -0.396 e. The van der Waals surface area contributed by atoms with Crippen molar-refractivity contribution < 1.29 is 9.90 Å². The molecule has 3 atom stereocenters. The predicted molar refractivity (Wildman–Crippen MR) is 64.1 cm³/mol. The lowest BCUT2D eigenvalue weighted by Crippen LogP contribution is -2.45. The molecule has 4 nitrogen and oxygen atoms in total. The summed E-state index contributed by atoms with van der Waals surface area (Å²) in [5.41, 5.74) is 0. The summed E-state index contributed by atoms with van der Waals surface area (Å²) >= 11 is 0. The smallest absolute Gasteiger partial charge is 0.221 e. The zero-order valence-corrected chi connectivity index (χ0v) is 10.3. The Kier molecular flexibility index (Phi) is 5.77. The first-order valence-corrected chi connectivity index (χ1v) is 6.24. The van der Waals surface area contributed by atoms with Gasteiger partial charge >= 0.3 is 0 Å². The lowest BCUT2D eigenvalue weighted by Gasteiger charge is -2.33. The van der Waals surface area contributed by atoms with Crippen LogP contribution in [0.3, 0.4) is 0 Å². The van der Waals surface area contributed by atoms with Crippen LogP contribution < -0.4 is 10.6 Å². The maximum atomic E-state index is 11.2. The molecule has 1 fully saturated rings. The van der Waals surface area contributed by atoms with Gasteiger partial charge in [-0.1, -0.05) is 12.8 Å². The number of hydrogen-bond donors (Lipinski definition) is 3. The average Bonchev–Trinajstić information content (AvgIpc) is 2.29. The van der Waals surface area contributed by atoms with Crippen molar-refractivity contribution >= 4 is 5.91 Å². The van der Waals surface area contributed by atoms with E-state index in [1.165, 1.54) is 12.8 Å². The van der Waals surface area contributed by atoms with Gasteiger partial charge in [0, 0.05) is 32.2 Å². The molecule has 0 aliphatic heterocycles. The normalized spacial score (nSPS) is 27.4. The Morgan fingerprint density at radius 1 is 1.44 bits per heavy atom. The standard InChI is InChI=1S/C12H24N2O2/c1-9(7-12(16)13-2)14-11-6-4-3-5-10(11)8-15/h9-11,14-15H,3-8H2,1-2H3,(H,13,16). The molecule has 1 amide bonds. The molecule has 4 heteroatoms. The van der Waals surface area contributed by atoms with Gasteiger partial charge in [-0.15, -0.1) is 0 Å². The second kappa shape index (κ2) is 6.86. The molecule has 0 aromatic rings. The number of amides is 1. The molecular weight excluding hydrogens is 204 g/mol. The van der Waals surface area contributed by atoms with Crippen LogP contribution in [0.2, 0.25) is 0 Å². The van der Waals surface area contributed by atoms with Crippen molar-refractivity contribution in [3.63, 3.8) is 0 Å². The quantitative estimate of drug-likeness (QED) is 0.647. The van der Waals surface area contributed by atoms with Gasteiger partial charge in [-0.05, 0) is 25.7 Å². The van der Waals surface area contributed by atoms with E-state index in [1.54, 1.807) is 7.05 Å². The highest BCUT2D eigenvalue weighted by molar-refractivity contribution is 5.76. The second-order valence-corrected chi connectivity index (χ2v) is 4.78. The molecule has 0 bridgehead atoms. The largest absolute Gasteiger partial charge is 0.396 e. The highest BCUT2D eigenvalue weighted by atomic mass is 16.3. The van der Waals surface area contributed by atoms with Gasteiger partial charge < -0.3 is 15.7 Å². The van der Waals surface area contributed by atoms with Gasteiger partial charge in [0.2, 0.25) is 5.91 Å². The zero-order chi connectivity index (χ0) is 12.0. The topological polar surface area (TPSA) is 61.4 Å². The van der Waals surface area contributed by atoms with Crippen LogP contribution in [0.15, 0.2) is 0 Å². The van der Waals surface area contributed by atoms with Crippen LogP contribution in [0.25, 0.3) is 0 Å². The van der Waals surface area contributed by atoms with E-state index in [-0.39, 0.29) is 18.6 Å². The molecule has 0 aromatic carbocycles. The molecule has 3 unspecified atom stereocenters. The summed E-state index contributed by atoms with van der Waals surface area (Å²) in [6.45, 7) is 2.28. The second-order valence-electron chi connectivity index (χ2n) is 4.78. The summed E-state index contributed by atoms with van der Waals surface area (Å²) in [6, 6.07) is 0.551. The van der Waals surface area contributed by atoms with Crippen LogP contribution in [0.4, 0.5) is 0 Å². The minimum absolute atomic E-state index is 0.0661. The molecule has 0 aromatic heterocycles. The first kappa shape index (κ1) is 13.5. The minimum atomic E-state index is 0.0661. The van der Waals surface area contributed by atoms with Crippen molar-refractivity contribution in [1.82, 2.24) is 10.6 Å². The predicted octanol–water partition coefficient (Wildman–Crippen LogP) is 0.652. The van der Waals surface area contributed by atoms with Gasteiger partial charge in [-0.25, -0.2) is 0 Å². The molecule has 1 aliphatic carbocycles. The van der Waals surface area contributed by atoms with Gasteiger partial charge in [0.15, 0.2) is 0 Å². The lowest BCUT2D eigenvalue weighted by atomic mass is 9.84. The molecular formula is C12H24N2O2. The Hall–Kier alpha value is -0.610. The summed E-state index contributed by atoms with van der Waals surface area (Å²) in [4.78, 5) is 11.2. The summed E-state index contributed by atoms with van der Waals surface area (Å²) in [5, 5.41) is 15.4. The number of aliphatic hydroxyl groups is 1. The Morgan fingerprint density at radius 3 is 2.75 bits per heavy atom. The van der Waals surface area contributed by atoms with Crippen molar-refractivity contribution in [2.24, 2.45) is 5.92 Å². The van der Waals surface area contributed by atoms with Crippen LogP contribution in [0.1, 0.15) is 39.0 Å². The molecule has 1 aliphatic rings. The van der Waals surface area contributed by atoms with Gasteiger partial charge in [0.25, 0.3) is 0 Å². The van der Waals surface area contributed by atoms with Crippen molar-refractivity contribution in [2.45, 2.75) is 51.1 Å². The Labute approximate surface area is 97.8 Å². The Balaban J connectivity index is 2.35. The molecule has 0 spiro atoms. The number of nitrogens with one attached hydrogen (secondary N) is 2. The fourth-order valence-electron chi connectivity index (χ4n) is 2.45. The van der Waals surface area contributed by atoms with E-state index >= 15 is 0 Å². The van der Waals surface area contributed by atoms with Gasteiger partial charge in [0.1, 0.15) is 0 Å². The monoisotopic (exact) mass is 228 g/mol. The van der Waals surface area contributed by atoms with E-state index in [9.17, 15) is 9.90 Å². The van der Waals surface area contributed by atoms with Crippen LogP contribution in [0, 0.1) is 5.92 Å². The Morgan fingerprint density at radius 2 is 2.12 bits per heavy atom. The average molecular weight is 228 g/mol. The van der Waals surface area contributed by atoms with Crippen molar-refractivity contribution in [3.05, 3.63) is 0 Å². The highest BCUT2D eigenvalue weighted by Crippen LogP contribution is 2.24. The van der Waals surface area contributed by atoms with Gasteiger partial charge in [-0.2, -0.15) is 0 Å².